The zero-order valence-electron chi connectivity index (χ0n) is 19.1. The molecule has 2 fully saturated rings. The van der Waals surface area contributed by atoms with Crippen LogP contribution >= 0.6 is 0 Å². The minimum absolute atomic E-state index is 0.170. The Labute approximate surface area is 198 Å². The lowest BCUT2D eigenvalue weighted by Gasteiger charge is -2.37. The molecule has 176 valence electrons. The molecule has 2 aliphatic rings. The molecule has 0 bridgehead atoms. The van der Waals surface area contributed by atoms with E-state index < -0.39 is 6.10 Å². The van der Waals surface area contributed by atoms with Crippen LogP contribution in [-0.2, 0) is 11.3 Å². The van der Waals surface area contributed by atoms with Crippen LogP contribution in [0.25, 0.3) is 10.8 Å². The first-order valence-corrected chi connectivity index (χ1v) is 11.7. The highest BCUT2D eigenvalue weighted by Gasteiger charge is 2.30. The van der Waals surface area contributed by atoms with Crippen molar-refractivity contribution in [1.82, 2.24) is 14.9 Å². The second kappa shape index (κ2) is 9.63. The summed E-state index contributed by atoms with van der Waals surface area (Å²) < 4.78 is 19.2. The van der Waals surface area contributed by atoms with Gasteiger partial charge in [0.2, 0.25) is 0 Å². The fourth-order valence-corrected chi connectivity index (χ4v) is 5.18. The number of aliphatic hydroxyl groups is 1. The molecule has 4 heterocycles. The van der Waals surface area contributed by atoms with E-state index in [2.05, 4.69) is 22.1 Å². The van der Waals surface area contributed by atoms with Gasteiger partial charge in [-0.05, 0) is 54.8 Å². The summed E-state index contributed by atoms with van der Waals surface area (Å²) in [6.45, 7) is 5.38. The third-order valence-electron chi connectivity index (χ3n) is 6.90. The molecule has 0 radical (unpaired) electrons. The van der Waals surface area contributed by atoms with Crippen LogP contribution in [0.3, 0.4) is 0 Å². The summed E-state index contributed by atoms with van der Waals surface area (Å²) in [7, 11) is 0. The van der Waals surface area contributed by atoms with E-state index in [-0.39, 0.29) is 17.8 Å². The van der Waals surface area contributed by atoms with Crippen LogP contribution < -0.4 is 5.32 Å². The SMILES string of the molecule is C[C@@H]1CN(Cc2cc(F)cc(C#N)c2)CC[C@H]1c1nccc2cnc(N[C@@H]3COC[C@@H]3O)cc12. The van der Waals surface area contributed by atoms with E-state index in [0.29, 0.717) is 37.1 Å². The maximum Gasteiger partial charge on any atom is 0.126 e. The highest BCUT2D eigenvalue weighted by atomic mass is 19.1. The van der Waals surface area contributed by atoms with E-state index in [1.807, 2.05) is 30.6 Å². The quantitative estimate of drug-likeness (QED) is 0.601. The molecule has 2 saturated heterocycles. The smallest absolute Gasteiger partial charge is 0.126 e. The molecule has 7 nitrogen and oxygen atoms in total. The molecule has 34 heavy (non-hydrogen) atoms. The third kappa shape index (κ3) is 4.73. The summed E-state index contributed by atoms with van der Waals surface area (Å²) in [6.07, 6.45) is 4.09. The number of rotatable bonds is 5. The largest absolute Gasteiger partial charge is 0.388 e. The summed E-state index contributed by atoms with van der Waals surface area (Å²) in [6, 6.07) is 10.4. The third-order valence-corrected chi connectivity index (χ3v) is 6.90. The number of halogens is 1. The molecule has 8 heteroatoms. The molecule has 1 aromatic carbocycles. The van der Waals surface area contributed by atoms with Crippen LogP contribution in [0.4, 0.5) is 10.2 Å². The number of pyridine rings is 2. The van der Waals surface area contributed by atoms with Gasteiger partial charge in [-0.1, -0.05) is 6.92 Å². The Balaban J connectivity index is 1.33. The number of benzene rings is 1. The maximum absolute atomic E-state index is 13.9. The number of nitriles is 1. The number of fused-ring (bicyclic) bond motifs is 1. The Kier molecular flexibility index (Phi) is 6.42. The Hall–Kier alpha value is -3.12. The first-order valence-electron chi connectivity index (χ1n) is 11.7. The molecule has 2 aromatic heterocycles. The molecule has 5 rings (SSSR count). The van der Waals surface area contributed by atoms with Gasteiger partial charge in [0.05, 0.1) is 42.7 Å². The monoisotopic (exact) mass is 461 g/mol. The van der Waals surface area contributed by atoms with Crippen LogP contribution in [0.5, 0.6) is 0 Å². The van der Waals surface area contributed by atoms with Gasteiger partial charge in [-0.25, -0.2) is 9.37 Å². The van der Waals surface area contributed by atoms with Crippen molar-refractivity contribution in [2.75, 3.05) is 31.6 Å². The summed E-state index contributed by atoms with van der Waals surface area (Å²) in [5, 5.41) is 24.6. The lowest BCUT2D eigenvalue weighted by Crippen LogP contribution is -2.38. The lowest BCUT2D eigenvalue weighted by atomic mass is 9.82. The van der Waals surface area contributed by atoms with Gasteiger partial charge in [-0.15, -0.1) is 0 Å². The van der Waals surface area contributed by atoms with Gasteiger partial charge in [0.1, 0.15) is 11.6 Å². The van der Waals surface area contributed by atoms with Crippen molar-refractivity contribution in [2.24, 2.45) is 5.92 Å². The second-order valence-electron chi connectivity index (χ2n) is 9.41. The number of hydrogen-bond donors (Lipinski definition) is 2. The van der Waals surface area contributed by atoms with E-state index in [1.165, 1.54) is 12.1 Å². The fraction of sp³-hybridized carbons (Fsp3) is 0.423. The summed E-state index contributed by atoms with van der Waals surface area (Å²) in [5.74, 6) is 0.982. The predicted molar refractivity (Wildman–Crippen MR) is 127 cm³/mol. The number of anilines is 1. The molecule has 0 aliphatic carbocycles. The van der Waals surface area contributed by atoms with E-state index in [1.54, 1.807) is 6.07 Å². The average Bonchev–Trinajstić information content (AvgIpc) is 3.22. The molecule has 2 N–H and O–H groups in total. The maximum atomic E-state index is 13.9. The number of aliphatic hydroxyl groups excluding tert-OH is 1. The summed E-state index contributed by atoms with van der Waals surface area (Å²) in [4.78, 5) is 11.6. The van der Waals surface area contributed by atoms with Crippen molar-refractivity contribution in [3.05, 3.63) is 65.4 Å². The lowest BCUT2D eigenvalue weighted by molar-refractivity contribution is 0.125. The second-order valence-corrected chi connectivity index (χ2v) is 9.41. The van der Waals surface area contributed by atoms with Crippen molar-refractivity contribution >= 4 is 16.6 Å². The minimum atomic E-state index is -0.544. The van der Waals surface area contributed by atoms with E-state index in [0.717, 1.165) is 41.5 Å². The van der Waals surface area contributed by atoms with Crippen LogP contribution in [0.15, 0.2) is 42.7 Å². The predicted octanol–water partition coefficient (Wildman–Crippen LogP) is 3.44. The normalized spacial score (nSPS) is 25.4. The number of hydrogen-bond acceptors (Lipinski definition) is 7. The Morgan fingerprint density at radius 1 is 1.26 bits per heavy atom. The van der Waals surface area contributed by atoms with Crippen molar-refractivity contribution < 1.29 is 14.2 Å². The first-order chi connectivity index (χ1) is 16.5. The van der Waals surface area contributed by atoms with Gasteiger partial charge < -0.3 is 15.2 Å². The summed E-state index contributed by atoms with van der Waals surface area (Å²) in [5.41, 5.74) is 2.24. The topological polar surface area (TPSA) is 94.3 Å². The Bertz CT molecular complexity index is 1230. The molecule has 4 atom stereocenters. The zero-order chi connectivity index (χ0) is 23.7. The van der Waals surface area contributed by atoms with Gasteiger partial charge in [0.15, 0.2) is 0 Å². The molecule has 0 unspecified atom stereocenters. The number of piperidine rings is 1. The van der Waals surface area contributed by atoms with E-state index in [4.69, 9.17) is 15.0 Å². The molecular weight excluding hydrogens is 433 g/mol. The molecule has 0 amide bonds. The highest BCUT2D eigenvalue weighted by molar-refractivity contribution is 5.86. The molecule has 0 spiro atoms. The van der Waals surface area contributed by atoms with Gasteiger partial charge in [-0.2, -0.15) is 5.26 Å². The van der Waals surface area contributed by atoms with Crippen molar-refractivity contribution in [3.8, 4) is 6.07 Å². The number of nitrogens with zero attached hydrogens (tertiary/aromatic N) is 4. The molecular formula is C26H28FN5O2. The highest BCUT2D eigenvalue weighted by Crippen LogP contribution is 2.36. The molecule has 3 aromatic rings. The van der Waals surface area contributed by atoms with Gasteiger partial charge in [0, 0.05) is 42.2 Å². The Morgan fingerprint density at radius 3 is 2.91 bits per heavy atom. The van der Waals surface area contributed by atoms with Crippen LogP contribution in [0.1, 0.15) is 36.1 Å². The number of nitrogens with one attached hydrogen (secondary N) is 1. The average molecular weight is 462 g/mol. The standard InChI is InChI=1S/C26H28FN5O2/c1-16-12-32(13-18-6-17(10-28)7-20(27)8-18)5-3-21(16)26-22-9-25(30-11-19(22)2-4-29-26)31-23-14-34-15-24(23)33/h2,4,6-9,11,16,21,23-24,33H,3,5,12-15H2,1H3,(H,30,31)/t16-,21-,23-,24+/m1/s1. The number of ether oxygens (including phenoxy) is 1. The molecule has 0 saturated carbocycles. The molecule has 2 aliphatic heterocycles. The van der Waals surface area contributed by atoms with E-state index >= 15 is 0 Å². The van der Waals surface area contributed by atoms with Gasteiger partial charge in [0.25, 0.3) is 0 Å². The van der Waals surface area contributed by atoms with Crippen molar-refractivity contribution in [2.45, 2.75) is 38.0 Å². The minimum Gasteiger partial charge on any atom is -0.388 e. The van der Waals surface area contributed by atoms with Crippen LogP contribution in [-0.4, -0.2) is 58.4 Å². The van der Waals surface area contributed by atoms with E-state index in [9.17, 15) is 9.50 Å². The Morgan fingerprint density at radius 2 is 2.15 bits per heavy atom. The number of aromatic nitrogens is 2. The summed E-state index contributed by atoms with van der Waals surface area (Å²) >= 11 is 0. The fourth-order valence-electron chi connectivity index (χ4n) is 5.18. The van der Waals surface area contributed by atoms with Gasteiger partial charge >= 0.3 is 0 Å². The van der Waals surface area contributed by atoms with Crippen LogP contribution in [0, 0.1) is 23.1 Å². The first kappa shape index (κ1) is 22.7. The van der Waals surface area contributed by atoms with Gasteiger partial charge in [-0.3, -0.25) is 9.88 Å². The zero-order valence-corrected chi connectivity index (χ0v) is 19.1. The van der Waals surface area contributed by atoms with Crippen LogP contribution in [0.2, 0.25) is 0 Å². The van der Waals surface area contributed by atoms with Crippen molar-refractivity contribution in [1.29, 1.82) is 5.26 Å². The number of likely N-dealkylation sites (tertiary alicyclic amines) is 1. The van der Waals surface area contributed by atoms with Crippen molar-refractivity contribution in [3.63, 3.8) is 0 Å².